The van der Waals surface area contributed by atoms with Crippen LogP contribution in [-0.2, 0) is 0 Å². The van der Waals surface area contributed by atoms with Crippen molar-refractivity contribution >= 4 is 0 Å². The molecular formula is C23H46. The molecule has 0 aromatic rings. The first kappa shape index (κ1) is 22.7. The van der Waals surface area contributed by atoms with Crippen molar-refractivity contribution in [3.63, 3.8) is 0 Å². The van der Waals surface area contributed by atoms with Crippen LogP contribution in [0.2, 0.25) is 0 Å². The Kier molecular flexibility index (Phi) is 16.4. The molecule has 0 nitrogen and oxygen atoms in total. The lowest BCUT2D eigenvalue weighted by molar-refractivity contribution is 0.282. The molecule has 0 aliphatic carbocycles. The lowest BCUT2D eigenvalue weighted by Crippen LogP contribution is -2.11. The third-order valence-corrected chi connectivity index (χ3v) is 5.08. The number of hydrogen-bond acceptors (Lipinski definition) is 0. The maximum Gasteiger partial charge on any atom is -0.0351 e. The molecule has 0 aliphatic heterocycles. The summed E-state index contributed by atoms with van der Waals surface area (Å²) in [4.78, 5) is 0. The molecule has 0 saturated carbocycles. The Labute approximate surface area is 148 Å². The van der Waals surface area contributed by atoms with Gasteiger partial charge in [-0.2, -0.15) is 0 Å². The predicted octanol–water partition coefficient (Wildman–Crippen LogP) is 8.85. The molecule has 0 spiro atoms. The molecule has 23 heavy (non-hydrogen) atoms. The van der Waals surface area contributed by atoms with Crippen molar-refractivity contribution in [2.45, 2.75) is 130 Å². The molecule has 0 bridgehead atoms. The molecule has 0 radical (unpaired) electrons. The van der Waals surface area contributed by atoms with E-state index in [1.54, 1.807) is 0 Å². The lowest BCUT2D eigenvalue weighted by Gasteiger charge is -2.24. The van der Waals surface area contributed by atoms with E-state index in [-0.39, 0.29) is 0 Å². The Morgan fingerprint density at radius 3 is 1.57 bits per heavy atom. The van der Waals surface area contributed by atoms with Crippen LogP contribution in [0.25, 0.3) is 0 Å². The number of unbranched alkanes of at least 4 members (excludes halogenated alkanes) is 11. The van der Waals surface area contributed by atoms with E-state index in [9.17, 15) is 0 Å². The van der Waals surface area contributed by atoms with Crippen molar-refractivity contribution in [2.75, 3.05) is 0 Å². The van der Waals surface area contributed by atoms with Crippen LogP contribution in [-0.4, -0.2) is 0 Å². The highest BCUT2D eigenvalue weighted by atomic mass is 14.2. The second-order valence-corrected chi connectivity index (χ2v) is 8.22. The van der Waals surface area contributed by atoms with Crippen LogP contribution < -0.4 is 0 Å². The Morgan fingerprint density at radius 1 is 0.565 bits per heavy atom. The minimum absolute atomic E-state index is 0.577. The van der Waals surface area contributed by atoms with E-state index >= 15 is 0 Å². The van der Waals surface area contributed by atoms with Crippen molar-refractivity contribution in [2.24, 2.45) is 5.41 Å². The van der Waals surface area contributed by atoms with Crippen molar-refractivity contribution < 1.29 is 0 Å². The smallest absolute Gasteiger partial charge is 0.0351 e. The average Bonchev–Trinajstić information content (AvgIpc) is 2.52. The fraction of sp³-hybridized carbons (Fsp3) is 0.913. The van der Waals surface area contributed by atoms with E-state index in [2.05, 4.69) is 39.8 Å². The number of hydrogen-bond donors (Lipinski definition) is 0. The Morgan fingerprint density at radius 2 is 1.04 bits per heavy atom. The monoisotopic (exact) mass is 322 g/mol. The Hall–Kier alpha value is -0.260. The molecule has 138 valence electrons. The van der Waals surface area contributed by atoms with Gasteiger partial charge in [0.2, 0.25) is 0 Å². The first-order valence-corrected chi connectivity index (χ1v) is 10.8. The summed E-state index contributed by atoms with van der Waals surface area (Å²) in [5.74, 6) is 0. The molecule has 0 heterocycles. The van der Waals surface area contributed by atoms with E-state index in [4.69, 9.17) is 0 Å². The second kappa shape index (κ2) is 16.6. The van der Waals surface area contributed by atoms with Gasteiger partial charge >= 0.3 is 0 Å². The summed E-state index contributed by atoms with van der Waals surface area (Å²) in [5, 5.41) is 0. The van der Waals surface area contributed by atoms with E-state index < -0.39 is 0 Å². The van der Waals surface area contributed by atoms with Crippen LogP contribution in [0.4, 0.5) is 0 Å². The summed E-state index contributed by atoms with van der Waals surface area (Å²) >= 11 is 0. The molecule has 0 amide bonds. The van der Waals surface area contributed by atoms with Gasteiger partial charge in [-0.25, -0.2) is 0 Å². The molecule has 0 N–H and O–H groups in total. The van der Waals surface area contributed by atoms with Crippen molar-refractivity contribution in [1.29, 1.82) is 0 Å². The zero-order valence-electron chi connectivity index (χ0n) is 17.0. The summed E-state index contributed by atoms with van der Waals surface area (Å²) in [7, 11) is 0. The highest BCUT2D eigenvalue weighted by Gasteiger charge is 2.16. The predicted molar refractivity (Wildman–Crippen MR) is 108 cm³/mol. The summed E-state index contributed by atoms with van der Waals surface area (Å²) < 4.78 is 0. The van der Waals surface area contributed by atoms with Crippen molar-refractivity contribution in [3.8, 4) is 0 Å². The van der Waals surface area contributed by atoms with Gasteiger partial charge in [-0.3, -0.25) is 0 Å². The molecule has 0 aliphatic rings. The molecule has 0 fully saturated rings. The fourth-order valence-corrected chi connectivity index (χ4v) is 3.37. The van der Waals surface area contributed by atoms with Crippen molar-refractivity contribution in [1.82, 2.24) is 0 Å². The van der Waals surface area contributed by atoms with Crippen molar-refractivity contribution in [3.05, 3.63) is 12.2 Å². The molecule has 0 saturated heterocycles. The highest BCUT2D eigenvalue weighted by Crippen LogP contribution is 2.30. The third-order valence-electron chi connectivity index (χ3n) is 5.08. The lowest BCUT2D eigenvalue weighted by atomic mass is 9.82. The molecule has 0 rings (SSSR count). The van der Waals surface area contributed by atoms with Crippen LogP contribution in [0.1, 0.15) is 130 Å². The second-order valence-electron chi connectivity index (χ2n) is 8.22. The van der Waals surface area contributed by atoms with Crippen LogP contribution in [0, 0.1) is 5.41 Å². The molecule has 0 heteroatoms. The van der Waals surface area contributed by atoms with Gasteiger partial charge in [0.25, 0.3) is 0 Å². The van der Waals surface area contributed by atoms with Gasteiger partial charge in [-0.05, 0) is 37.5 Å². The fourth-order valence-electron chi connectivity index (χ4n) is 3.37. The number of rotatable bonds is 17. The largest absolute Gasteiger partial charge is 0.0888 e. The zero-order valence-corrected chi connectivity index (χ0v) is 17.0. The van der Waals surface area contributed by atoms with E-state index in [0.717, 1.165) is 0 Å². The van der Waals surface area contributed by atoms with Crippen LogP contribution in [0.15, 0.2) is 12.2 Å². The maximum atomic E-state index is 2.49. The first-order chi connectivity index (χ1) is 11.1. The maximum absolute atomic E-state index is 2.49. The van der Waals surface area contributed by atoms with E-state index in [1.165, 1.54) is 103 Å². The molecule has 0 aromatic heterocycles. The summed E-state index contributed by atoms with van der Waals surface area (Å²) in [6, 6.07) is 0. The minimum atomic E-state index is 0.577. The molecule has 0 unspecified atom stereocenters. The number of allylic oxidation sites excluding steroid dienone is 2. The normalized spacial score (nSPS) is 12.3. The van der Waals surface area contributed by atoms with Gasteiger partial charge in [-0.15, -0.1) is 0 Å². The van der Waals surface area contributed by atoms with Gasteiger partial charge in [-0.1, -0.05) is 110 Å². The molecule has 0 atom stereocenters. The SMILES string of the molecule is CC/C=C/CCCCCCCC(C)(C)CCCCCCCCC. The molecular weight excluding hydrogens is 276 g/mol. The van der Waals surface area contributed by atoms with E-state index in [0.29, 0.717) is 5.41 Å². The van der Waals surface area contributed by atoms with Gasteiger partial charge in [0, 0.05) is 0 Å². The van der Waals surface area contributed by atoms with Crippen LogP contribution in [0.3, 0.4) is 0 Å². The van der Waals surface area contributed by atoms with Gasteiger partial charge < -0.3 is 0 Å². The van der Waals surface area contributed by atoms with Crippen LogP contribution >= 0.6 is 0 Å². The highest BCUT2D eigenvalue weighted by molar-refractivity contribution is 4.79. The van der Waals surface area contributed by atoms with Crippen LogP contribution in [0.5, 0.6) is 0 Å². The topological polar surface area (TPSA) is 0 Å². The van der Waals surface area contributed by atoms with Gasteiger partial charge in [0.15, 0.2) is 0 Å². The third kappa shape index (κ3) is 17.9. The Balaban J connectivity index is 3.37. The van der Waals surface area contributed by atoms with Gasteiger partial charge in [0.05, 0.1) is 0 Å². The summed E-state index contributed by atoms with van der Waals surface area (Å²) in [6.07, 6.45) is 27.2. The van der Waals surface area contributed by atoms with Gasteiger partial charge in [0.1, 0.15) is 0 Å². The van der Waals surface area contributed by atoms with E-state index in [1.807, 2.05) is 0 Å². The molecule has 0 aromatic carbocycles. The quantitative estimate of drug-likeness (QED) is 0.185. The Bertz CT molecular complexity index is 249. The minimum Gasteiger partial charge on any atom is -0.0888 e. The zero-order chi connectivity index (χ0) is 17.2. The first-order valence-electron chi connectivity index (χ1n) is 10.8. The summed E-state index contributed by atoms with van der Waals surface area (Å²) in [6.45, 7) is 9.48. The summed E-state index contributed by atoms with van der Waals surface area (Å²) in [5.41, 5.74) is 0.577. The average molecular weight is 323 g/mol. The standard InChI is InChI=1S/C23H46/c1-5-7-9-11-13-14-16-18-20-22-23(3,4)21-19-17-15-12-10-8-6-2/h7,9H,5-6,8,10-22H2,1-4H3/b9-7+.